The fourth-order valence-corrected chi connectivity index (χ4v) is 2.79. The molecule has 1 saturated carbocycles. The molecule has 1 aromatic heterocycles. The molecule has 3 nitrogen and oxygen atoms in total. The number of aromatic amines is 1. The van der Waals surface area contributed by atoms with Gasteiger partial charge in [-0.1, -0.05) is 0 Å². The van der Waals surface area contributed by atoms with Gasteiger partial charge in [0.05, 0.1) is 11.7 Å². The lowest BCUT2D eigenvalue weighted by molar-refractivity contribution is 0.614. The van der Waals surface area contributed by atoms with Crippen LogP contribution in [0, 0.1) is 0 Å². The van der Waals surface area contributed by atoms with Gasteiger partial charge in [0.2, 0.25) is 0 Å². The summed E-state index contributed by atoms with van der Waals surface area (Å²) in [5.74, 6) is 2.09. The van der Waals surface area contributed by atoms with Crippen LogP contribution in [0.5, 0.6) is 0 Å². The lowest BCUT2D eigenvalue weighted by Gasteiger charge is -2.07. The second-order valence-corrected chi connectivity index (χ2v) is 4.88. The molecule has 0 radical (unpaired) electrons. The van der Waals surface area contributed by atoms with Gasteiger partial charge < -0.3 is 0 Å². The number of thioether (sulfide) groups is 1. The Morgan fingerprint density at radius 1 is 1.46 bits per heavy atom. The summed E-state index contributed by atoms with van der Waals surface area (Å²) in [6, 6.07) is 0.489. The molecule has 0 aromatic carbocycles. The van der Waals surface area contributed by atoms with E-state index in [0.29, 0.717) is 6.04 Å². The Kier molecular flexibility index (Phi) is 1.59. The van der Waals surface area contributed by atoms with Gasteiger partial charge in [-0.05, 0) is 25.0 Å². The van der Waals surface area contributed by atoms with E-state index in [1.807, 2.05) is 16.4 Å². The molecule has 0 bridgehead atoms. The summed E-state index contributed by atoms with van der Waals surface area (Å²) in [7, 11) is 0. The van der Waals surface area contributed by atoms with Crippen LogP contribution in [-0.4, -0.2) is 15.5 Å². The molecular formula is C9H12N2OS. The third-order valence-corrected chi connectivity index (χ3v) is 3.74. The van der Waals surface area contributed by atoms with E-state index in [1.54, 1.807) is 0 Å². The number of aromatic nitrogens is 2. The van der Waals surface area contributed by atoms with Crippen LogP contribution < -0.4 is 5.56 Å². The van der Waals surface area contributed by atoms with Crippen molar-refractivity contribution >= 4 is 11.8 Å². The first-order chi connectivity index (χ1) is 6.36. The van der Waals surface area contributed by atoms with Crippen LogP contribution in [-0.2, 0) is 12.2 Å². The van der Waals surface area contributed by atoms with Crippen molar-refractivity contribution in [3.8, 4) is 0 Å². The molecule has 1 N–H and O–H groups in total. The van der Waals surface area contributed by atoms with Crippen molar-refractivity contribution in [3.63, 3.8) is 0 Å². The highest BCUT2D eigenvalue weighted by Crippen LogP contribution is 2.34. The third kappa shape index (κ3) is 1.15. The van der Waals surface area contributed by atoms with Crippen molar-refractivity contribution in [2.24, 2.45) is 0 Å². The van der Waals surface area contributed by atoms with Gasteiger partial charge in [-0.3, -0.25) is 9.89 Å². The number of fused-ring (bicyclic) bond motifs is 1. The van der Waals surface area contributed by atoms with Gasteiger partial charge in [0.25, 0.3) is 5.56 Å². The van der Waals surface area contributed by atoms with E-state index < -0.39 is 0 Å². The molecule has 0 amide bonds. The van der Waals surface area contributed by atoms with Crippen molar-refractivity contribution in [2.75, 3.05) is 5.75 Å². The SMILES string of the molecule is O=c1c2c([nH]n1C1CC1)CSCC2. The molecule has 4 heteroatoms. The average Bonchev–Trinajstić information content (AvgIpc) is 2.94. The molecule has 70 valence electrons. The molecule has 1 aromatic rings. The van der Waals surface area contributed by atoms with Crippen LogP contribution >= 0.6 is 11.8 Å². The lowest BCUT2D eigenvalue weighted by atomic mass is 10.2. The normalized spacial score (nSPS) is 21.5. The molecule has 13 heavy (non-hydrogen) atoms. The Bertz CT molecular complexity index is 389. The summed E-state index contributed by atoms with van der Waals surface area (Å²) in [6.07, 6.45) is 3.30. The van der Waals surface area contributed by atoms with Crippen LogP contribution in [0.4, 0.5) is 0 Å². The highest BCUT2D eigenvalue weighted by molar-refractivity contribution is 7.98. The molecule has 1 fully saturated rings. The Morgan fingerprint density at radius 3 is 3.00 bits per heavy atom. The first kappa shape index (κ1) is 7.74. The summed E-state index contributed by atoms with van der Waals surface area (Å²) >= 11 is 1.91. The molecule has 1 aliphatic carbocycles. The zero-order chi connectivity index (χ0) is 8.84. The molecule has 0 atom stereocenters. The zero-order valence-corrected chi connectivity index (χ0v) is 8.19. The van der Waals surface area contributed by atoms with Gasteiger partial charge in [-0.15, -0.1) is 0 Å². The van der Waals surface area contributed by atoms with E-state index in [0.717, 1.165) is 23.5 Å². The van der Waals surface area contributed by atoms with Gasteiger partial charge >= 0.3 is 0 Å². The predicted octanol–water partition coefficient (Wildman–Crippen LogP) is 1.30. The van der Waals surface area contributed by atoms with E-state index >= 15 is 0 Å². The minimum atomic E-state index is 0.248. The number of rotatable bonds is 1. The second kappa shape index (κ2) is 2.67. The van der Waals surface area contributed by atoms with Crippen molar-refractivity contribution in [2.45, 2.75) is 31.1 Å². The largest absolute Gasteiger partial charge is 0.298 e. The molecule has 2 heterocycles. The fourth-order valence-electron chi connectivity index (χ4n) is 1.85. The first-order valence-electron chi connectivity index (χ1n) is 4.76. The Morgan fingerprint density at radius 2 is 2.31 bits per heavy atom. The zero-order valence-electron chi connectivity index (χ0n) is 7.38. The highest BCUT2D eigenvalue weighted by Gasteiger charge is 2.28. The fraction of sp³-hybridized carbons (Fsp3) is 0.667. The maximum Gasteiger partial charge on any atom is 0.270 e. The minimum absolute atomic E-state index is 0.248. The molecular weight excluding hydrogens is 184 g/mol. The maximum atomic E-state index is 11.8. The van der Waals surface area contributed by atoms with Crippen molar-refractivity contribution in [1.82, 2.24) is 9.78 Å². The Hall–Kier alpha value is -0.640. The second-order valence-electron chi connectivity index (χ2n) is 3.78. The van der Waals surface area contributed by atoms with Crippen LogP contribution in [0.2, 0.25) is 0 Å². The molecule has 0 unspecified atom stereocenters. The standard InChI is InChI=1S/C9H12N2OS/c12-9-7-3-4-13-5-8(7)10-11(9)6-1-2-6/h6,10H,1-5H2. The van der Waals surface area contributed by atoms with Gasteiger partial charge in [0.15, 0.2) is 0 Å². The summed E-state index contributed by atoms with van der Waals surface area (Å²) in [6.45, 7) is 0. The smallest absolute Gasteiger partial charge is 0.270 e. The molecule has 0 saturated heterocycles. The van der Waals surface area contributed by atoms with Crippen LogP contribution in [0.15, 0.2) is 4.79 Å². The monoisotopic (exact) mass is 196 g/mol. The van der Waals surface area contributed by atoms with Crippen molar-refractivity contribution in [1.29, 1.82) is 0 Å². The van der Waals surface area contributed by atoms with Crippen LogP contribution in [0.25, 0.3) is 0 Å². The van der Waals surface area contributed by atoms with Crippen molar-refractivity contribution in [3.05, 3.63) is 21.6 Å². The number of H-pyrrole nitrogens is 1. The van der Waals surface area contributed by atoms with Gasteiger partial charge in [0.1, 0.15) is 0 Å². The average molecular weight is 196 g/mol. The van der Waals surface area contributed by atoms with Crippen LogP contribution in [0.3, 0.4) is 0 Å². The number of nitrogens with zero attached hydrogens (tertiary/aromatic N) is 1. The van der Waals surface area contributed by atoms with Gasteiger partial charge in [-0.2, -0.15) is 11.8 Å². The van der Waals surface area contributed by atoms with E-state index in [-0.39, 0.29) is 5.56 Å². The topological polar surface area (TPSA) is 37.8 Å². The predicted molar refractivity (Wildman–Crippen MR) is 53.2 cm³/mol. The summed E-state index contributed by atoms with van der Waals surface area (Å²) < 4.78 is 1.84. The van der Waals surface area contributed by atoms with E-state index in [1.165, 1.54) is 18.5 Å². The van der Waals surface area contributed by atoms with Crippen molar-refractivity contribution < 1.29 is 0 Å². The summed E-state index contributed by atoms with van der Waals surface area (Å²) in [4.78, 5) is 11.8. The van der Waals surface area contributed by atoms with E-state index in [2.05, 4.69) is 5.10 Å². The Labute approximate surface area is 80.5 Å². The number of hydrogen-bond acceptors (Lipinski definition) is 2. The number of hydrogen-bond donors (Lipinski definition) is 1. The minimum Gasteiger partial charge on any atom is -0.298 e. The van der Waals surface area contributed by atoms with E-state index in [4.69, 9.17) is 0 Å². The molecule has 3 rings (SSSR count). The lowest BCUT2D eigenvalue weighted by Crippen LogP contribution is -2.18. The first-order valence-corrected chi connectivity index (χ1v) is 5.92. The number of nitrogens with one attached hydrogen (secondary N) is 1. The van der Waals surface area contributed by atoms with Crippen LogP contribution in [0.1, 0.15) is 30.1 Å². The quantitative estimate of drug-likeness (QED) is 0.735. The molecule has 1 aliphatic heterocycles. The Balaban J connectivity index is 2.12. The van der Waals surface area contributed by atoms with E-state index in [9.17, 15) is 4.79 Å². The molecule has 0 spiro atoms. The summed E-state index contributed by atoms with van der Waals surface area (Å²) in [5, 5.41) is 3.25. The molecule has 2 aliphatic rings. The van der Waals surface area contributed by atoms with Gasteiger partial charge in [0, 0.05) is 11.3 Å². The maximum absolute atomic E-state index is 11.8. The third-order valence-electron chi connectivity index (χ3n) is 2.75. The highest BCUT2D eigenvalue weighted by atomic mass is 32.2. The summed E-state index contributed by atoms with van der Waals surface area (Å²) in [5.41, 5.74) is 2.47. The van der Waals surface area contributed by atoms with Gasteiger partial charge in [-0.25, -0.2) is 4.68 Å².